The molecule has 1 atom stereocenters. The Morgan fingerprint density at radius 1 is 0.920 bits per heavy atom. The SMILES string of the molecule is COc1ccc(Br)cc1CN[C@@H](Cc1ccccc1)c1ccccc1. The molecule has 0 aliphatic heterocycles. The molecular weight excluding hydrogens is 374 g/mol. The molecule has 25 heavy (non-hydrogen) atoms. The predicted octanol–water partition coefficient (Wildman–Crippen LogP) is 5.53. The first-order chi connectivity index (χ1) is 12.3. The van der Waals surface area contributed by atoms with Crippen LogP contribution in [-0.2, 0) is 13.0 Å². The van der Waals surface area contributed by atoms with Crippen molar-refractivity contribution >= 4 is 15.9 Å². The number of ether oxygens (including phenoxy) is 1. The molecule has 0 bridgehead atoms. The average Bonchev–Trinajstić information content (AvgIpc) is 2.67. The fourth-order valence-electron chi connectivity index (χ4n) is 2.96. The van der Waals surface area contributed by atoms with Crippen LogP contribution in [0.2, 0.25) is 0 Å². The predicted molar refractivity (Wildman–Crippen MR) is 107 cm³/mol. The highest BCUT2D eigenvalue weighted by Gasteiger charge is 2.13. The first-order valence-corrected chi connectivity index (χ1v) is 9.20. The van der Waals surface area contributed by atoms with Crippen molar-refractivity contribution in [2.75, 3.05) is 7.11 Å². The van der Waals surface area contributed by atoms with Crippen LogP contribution in [0.4, 0.5) is 0 Å². The van der Waals surface area contributed by atoms with Crippen molar-refractivity contribution in [2.24, 2.45) is 0 Å². The molecule has 0 fully saturated rings. The molecule has 0 aliphatic rings. The lowest BCUT2D eigenvalue weighted by molar-refractivity contribution is 0.405. The summed E-state index contributed by atoms with van der Waals surface area (Å²) in [6, 6.07) is 27.5. The zero-order valence-corrected chi connectivity index (χ0v) is 15.9. The van der Waals surface area contributed by atoms with Gasteiger partial charge in [0.2, 0.25) is 0 Å². The lowest BCUT2D eigenvalue weighted by atomic mass is 9.98. The van der Waals surface area contributed by atoms with E-state index in [0.29, 0.717) is 0 Å². The first kappa shape index (κ1) is 17.7. The van der Waals surface area contributed by atoms with Crippen LogP contribution in [0.5, 0.6) is 5.75 Å². The molecule has 1 N–H and O–H groups in total. The maximum absolute atomic E-state index is 5.50. The molecule has 0 amide bonds. The molecule has 3 aromatic carbocycles. The van der Waals surface area contributed by atoms with Gasteiger partial charge in [-0.05, 0) is 35.7 Å². The fourth-order valence-corrected chi connectivity index (χ4v) is 3.37. The molecule has 3 rings (SSSR count). The Kier molecular flexibility index (Phi) is 6.26. The molecule has 2 nitrogen and oxygen atoms in total. The highest BCUT2D eigenvalue weighted by molar-refractivity contribution is 9.10. The summed E-state index contributed by atoms with van der Waals surface area (Å²) >= 11 is 3.55. The standard InChI is InChI=1S/C22H22BrNO/c1-25-22-13-12-20(23)15-19(22)16-24-21(18-10-6-3-7-11-18)14-17-8-4-2-5-9-17/h2-13,15,21,24H,14,16H2,1H3/t21-/m0/s1. The number of benzene rings is 3. The third kappa shape index (κ3) is 4.94. The van der Waals surface area contributed by atoms with Crippen molar-refractivity contribution in [3.8, 4) is 5.75 Å². The maximum atomic E-state index is 5.50. The molecule has 3 heteroatoms. The topological polar surface area (TPSA) is 21.3 Å². The largest absolute Gasteiger partial charge is 0.496 e. The van der Waals surface area contributed by atoms with Crippen LogP contribution >= 0.6 is 15.9 Å². The van der Waals surface area contributed by atoms with Crippen molar-refractivity contribution in [2.45, 2.75) is 19.0 Å². The quantitative estimate of drug-likeness (QED) is 0.567. The Morgan fingerprint density at radius 2 is 1.60 bits per heavy atom. The van der Waals surface area contributed by atoms with E-state index < -0.39 is 0 Å². The van der Waals surface area contributed by atoms with E-state index in [0.717, 1.165) is 28.8 Å². The van der Waals surface area contributed by atoms with Crippen LogP contribution in [-0.4, -0.2) is 7.11 Å². The second-order valence-corrected chi connectivity index (χ2v) is 6.91. The minimum atomic E-state index is 0.243. The fraction of sp³-hybridized carbons (Fsp3) is 0.182. The Morgan fingerprint density at radius 3 is 2.28 bits per heavy atom. The van der Waals surface area contributed by atoms with Crippen molar-refractivity contribution in [3.63, 3.8) is 0 Å². The third-order valence-corrected chi connectivity index (χ3v) is 4.76. The summed E-state index contributed by atoms with van der Waals surface area (Å²) < 4.78 is 6.56. The van der Waals surface area contributed by atoms with E-state index >= 15 is 0 Å². The van der Waals surface area contributed by atoms with Crippen LogP contribution in [0.25, 0.3) is 0 Å². The van der Waals surface area contributed by atoms with Gasteiger partial charge in [0.05, 0.1) is 7.11 Å². The van der Waals surface area contributed by atoms with E-state index in [1.54, 1.807) is 7.11 Å². The number of hydrogen-bond acceptors (Lipinski definition) is 2. The Hall–Kier alpha value is -2.10. The molecule has 128 valence electrons. The van der Waals surface area contributed by atoms with Gasteiger partial charge in [-0.1, -0.05) is 76.6 Å². The first-order valence-electron chi connectivity index (χ1n) is 8.41. The van der Waals surface area contributed by atoms with Crippen molar-refractivity contribution in [3.05, 3.63) is 100 Å². The van der Waals surface area contributed by atoms with Gasteiger partial charge in [0.1, 0.15) is 5.75 Å². The summed E-state index contributed by atoms with van der Waals surface area (Å²) in [5, 5.41) is 3.70. The maximum Gasteiger partial charge on any atom is 0.123 e. The van der Waals surface area contributed by atoms with Gasteiger partial charge < -0.3 is 10.1 Å². The summed E-state index contributed by atoms with van der Waals surface area (Å²) in [6.07, 6.45) is 0.946. The van der Waals surface area contributed by atoms with E-state index in [4.69, 9.17) is 4.74 Å². The lowest BCUT2D eigenvalue weighted by Crippen LogP contribution is -2.23. The average molecular weight is 396 g/mol. The normalized spacial score (nSPS) is 11.9. The molecule has 0 heterocycles. The summed E-state index contributed by atoms with van der Waals surface area (Å²) in [5.74, 6) is 0.905. The second kappa shape index (κ2) is 8.84. The molecular formula is C22H22BrNO. The molecule has 0 saturated heterocycles. The molecule has 0 radical (unpaired) electrons. The van der Waals surface area contributed by atoms with E-state index in [2.05, 4.69) is 88.0 Å². The summed E-state index contributed by atoms with van der Waals surface area (Å²) in [5.41, 5.74) is 3.76. The van der Waals surface area contributed by atoms with Gasteiger partial charge in [-0.3, -0.25) is 0 Å². The highest BCUT2D eigenvalue weighted by Crippen LogP contribution is 2.25. The second-order valence-electron chi connectivity index (χ2n) is 5.99. The van der Waals surface area contributed by atoms with Gasteiger partial charge in [0.15, 0.2) is 0 Å². The number of methoxy groups -OCH3 is 1. The smallest absolute Gasteiger partial charge is 0.123 e. The number of rotatable bonds is 7. The minimum absolute atomic E-state index is 0.243. The van der Waals surface area contributed by atoms with Gasteiger partial charge in [-0.25, -0.2) is 0 Å². The summed E-state index contributed by atoms with van der Waals surface area (Å²) in [7, 11) is 1.71. The zero-order chi connectivity index (χ0) is 17.5. The lowest BCUT2D eigenvalue weighted by Gasteiger charge is -2.20. The van der Waals surface area contributed by atoms with Crippen LogP contribution in [0.1, 0.15) is 22.7 Å². The molecule has 0 aliphatic carbocycles. The van der Waals surface area contributed by atoms with Gasteiger partial charge in [0.25, 0.3) is 0 Å². The zero-order valence-electron chi connectivity index (χ0n) is 14.3. The third-order valence-electron chi connectivity index (χ3n) is 4.27. The molecule has 0 unspecified atom stereocenters. The van der Waals surface area contributed by atoms with Gasteiger partial charge in [0, 0.05) is 22.6 Å². The van der Waals surface area contributed by atoms with Crippen molar-refractivity contribution in [1.82, 2.24) is 5.32 Å². The van der Waals surface area contributed by atoms with Gasteiger partial charge in [-0.2, -0.15) is 0 Å². The van der Waals surface area contributed by atoms with E-state index in [-0.39, 0.29) is 6.04 Å². The number of nitrogens with one attached hydrogen (secondary N) is 1. The Bertz CT molecular complexity index is 790. The molecule has 0 saturated carbocycles. The van der Waals surface area contributed by atoms with E-state index in [1.807, 2.05) is 12.1 Å². The Labute approximate surface area is 158 Å². The van der Waals surface area contributed by atoms with Crippen LogP contribution in [0, 0.1) is 0 Å². The minimum Gasteiger partial charge on any atom is -0.496 e. The van der Waals surface area contributed by atoms with E-state index in [9.17, 15) is 0 Å². The van der Waals surface area contributed by atoms with E-state index in [1.165, 1.54) is 11.1 Å². The van der Waals surface area contributed by atoms with Crippen LogP contribution < -0.4 is 10.1 Å². The van der Waals surface area contributed by atoms with Crippen LogP contribution in [0.15, 0.2) is 83.3 Å². The van der Waals surface area contributed by atoms with Crippen molar-refractivity contribution in [1.29, 1.82) is 0 Å². The molecule has 0 aromatic heterocycles. The van der Waals surface area contributed by atoms with Crippen molar-refractivity contribution < 1.29 is 4.74 Å². The van der Waals surface area contributed by atoms with Crippen LogP contribution in [0.3, 0.4) is 0 Å². The Balaban J connectivity index is 1.79. The van der Waals surface area contributed by atoms with Gasteiger partial charge in [-0.15, -0.1) is 0 Å². The summed E-state index contributed by atoms with van der Waals surface area (Å²) in [4.78, 5) is 0. The number of hydrogen-bond donors (Lipinski definition) is 1. The van der Waals surface area contributed by atoms with Gasteiger partial charge >= 0.3 is 0 Å². The number of halogens is 1. The molecule has 3 aromatic rings. The molecule has 0 spiro atoms. The monoisotopic (exact) mass is 395 g/mol. The highest BCUT2D eigenvalue weighted by atomic mass is 79.9. The summed E-state index contributed by atoms with van der Waals surface area (Å²) in [6.45, 7) is 0.745.